The van der Waals surface area contributed by atoms with E-state index in [0.717, 1.165) is 59.4 Å². The number of furan rings is 1. The number of pyridine rings is 1. The van der Waals surface area contributed by atoms with Crippen LogP contribution in [0.2, 0.25) is 5.02 Å². The molecule has 5 nitrogen and oxygen atoms in total. The Morgan fingerprint density at radius 3 is 2.87 bits per heavy atom. The first-order chi connectivity index (χ1) is 15.1. The summed E-state index contributed by atoms with van der Waals surface area (Å²) in [6.45, 7) is 3.55. The molecule has 2 fully saturated rings. The van der Waals surface area contributed by atoms with Gasteiger partial charge in [-0.2, -0.15) is 0 Å². The van der Waals surface area contributed by atoms with Gasteiger partial charge in [0.25, 0.3) is 0 Å². The molecule has 3 atom stereocenters. The summed E-state index contributed by atoms with van der Waals surface area (Å²) in [7, 11) is 0. The normalized spacial score (nSPS) is 23.4. The third-order valence-corrected chi connectivity index (χ3v) is 6.84. The molecule has 1 aromatic carbocycles. The zero-order valence-corrected chi connectivity index (χ0v) is 18.8. The molecule has 7 heteroatoms. The monoisotopic (exact) mass is 453 g/mol. The molecule has 160 valence electrons. The van der Waals surface area contributed by atoms with Crippen molar-refractivity contribution in [3.05, 3.63) is 76.8 Å². The molecular formula is C24H24ClN3O2S. The van der Waals surface area contributed by atoms with Gasteiger partial charge in [-0.1, -0.05) is 29.8 Å². The van der Waals surface area contributed by atoms with Crippen LogP contribution in [-0.2, 0) is 4.74 Å². The molecule has 0 radical (unpaired) electrons. The van der Waals surface area contributed by atoms with Crippen LogP contribution in [0.15, 0.2) is 59.1 Å². The van der Waals surface area contributed by atoms with Crippen molar-refractivity contribution in [2.45, 2.75) is 38.0 Å². The molecule has 0 unspecified atom stereocenters. The SMILES string of the molecule is Cc1c(Cl)cccc1-c1ccc([C@@H]2[C@H](c3ccccn3)NC(=S)N2C[C@@H]2CCCO2)o1. The van der Waals surface area contributed by atoms with E-state index in [0.29, 0.717) is 5.11 Å². The highest BCUT2D eigenvalue weighted by Gasteiger charge is 2.42. The third-order valence-electron chi connectivity index (χ3n) is 6.07. The van der Waals surface area contributed by atoms with Crippen LogP contribution in [0.1, 0.15) is 41.9 Å². The highest BCUT2D eigenvalue weighted by molar-refractivity contribution is 7.80. The molecule has 0 saturated carbocycles. The van der Waals surface area contributed by atoms with Crippen LogP contribution in [0.3, 0.4) is 0 Å². The molecule has 0 spiro atoms. The molecule has 31 heavy (non-hydrogen) atoms. The van der Waals surface area contributed by atoms with Crippen molar-refractivity contribution in [3.8, 4) is 11.3 Å². The summed E-state index contributed by atoms with van der Waals surface area (Å²) in [6, 6.07) is 15.6. The predicted molar refractivity (Wildman–Crippen MR) is 125 cm³/mol. The molecule has 0 aliphatic carbocycles. The van der Waals surface area contributed by atoms with E-state index in [2.05, 4.69) is 15.2 Å². The van der Waals surface area contributed by atoms with Gasteiger partial charge in [0.05, 0.1) is 17.8 Å². The number of aromatic nitrogens is 1. The Labute approximate surface area is 192 Å². The van der Waals surface area contributed by atoms with Crippen molar-refractivity contribution >= 4 is 28.9 Å². The zero-order chi connectivity index (χ0) is 21.4. The van der Waals surface area contributed by atoms with Crippen LogP contribution >= 0.6 is 23.8 Å². The van der Waals surface area contributed by atoms with E-state index in [1.807, 2.05) is 61.7 Å². The lowest BCUT2D eigenvalue weighted by Crippen LogP contribution is -2.36. The molecule has 2 aromatic heterocycles. The van der Waals surface area contributed by atoms with Gasteiger partial charge in [-0.25, -0.2) is 0 Å². The fraction of sp³-hybridized carbons (Fsp3) is 0.333. The van der Waals surface area contributed by atoms with Gasteiger partial charge in [0.1, 0.15) is 17.6 Å². The zero-order valence-electron chi connectivity index (χ0n) is 17.3. The van der Waals surface area contributed by atoms with E-state index in [9.17, 15) is 0 Å². The third kappa shape index (κ3) is 3.95. The molecule has 2 aliphatic rings. The highest BCUT2D eigenvalue weighted by atomic mass is 35.5. The first-order valence-corrected chi connectivity index (χ1v) is 11.4. The maximum atomic E-state index is 6.42. The summed E-state index contributed by atoms with van der Waals surface area (Å²) in [4.78, 5) is 6.78. The van der Waals surface area contributed by atoms with Crippen LogP contribution in [0.25, 0.3) is 11.3 Å². The summed E-state index contributed by atoms with van der Waals surface area (Å²) in [5.41, 5.74) is 2.93. The van der Waals surface area contributed by atoms with Crippen molar-refractivity contribution in [2.75, 3.05) is 13.2 Å². The second-order valence-corrected chi connectivity index (χ2v) is 8.82. The smallest absolute Gasteiger partial charge is 0.170 e. The largest absolute Gasteiger partial charge is 0.459 e. The number of hydrogen-bond donors (Lipinski definition) is 1. The maximum Gasteiger partial charge on any atom is 0.170 e. The highest BCUT2D eigenvalue weighted by Crippen LogP contribution is 2.41. The lowest BCUT2D eigenvalue weighted by molar-refractivity contribution is 0.0818. The van der Waals surface area contributed by atoms with Crippen molar-refractivity contribution in [3.63, 3.8) is 0 Å². The van der Waals surface area contributed by atoms with Gasteiger partial charge in [0.15, 0.2) is 5.11 Å². The standard InChI is InChI=1S/C24H24ClN3O2S/c1-15-17(7-4-8-18(15)25)20-10-11-21(30-20)23-22(19-9-2-3-12-26-19)27-24(31)28(23)14-16-6-5-13-29-16/h2-4,7-12,16,22-23H,5-6,13-14H2,1H3,(H,27,31)/t16-,22-,23+/m0/s1. The quantitative estimate of drug-likeness (QED) is 0.518. The lowest BCUT2D eigenvalue weighted by atomic mass is 10.0. The Balaban J connectivity index is 1.52. The van der Waals surface area contributed by atoms with Crippen LogP contribution in [-0.4, -0.2) is 34.3 Å². The van der Waals surface area contributed by atoms with E-state index < -0.39 is 0 Å². The number of rotatable bonds is 5. The molecule has 0 amide bonds. The summed E-state index contributed by atoms with van der Waals surface area (Å²) in [6.07, 6.45) is 4.12. The van der Waals surface area contributed by atoms with Gasteiger partial charge in [-0.05, 0) is 67.9 Å². The van der Waals surface area contributed by atoms with Gasteiger partial charge in [-0.15, -0.1) is 0 Å². The minimum atomic E-state index is -0.111. The molecule has 2 saturated heterocycles. The molecule has 1 N–H and O–H groups in total. The minimum absolute atomic E-state index is 0.102. The summed E-state index contributed by atoms with van der Waals surface area (Å²) in [5, 5.41) is 4.90. The van der Waals surface area contributed by atoms with Crippen LogP contribution in [0.4, 0.5) is 0 Å². The molecule has 5 rings (SSSR count). The van der Waals surface area contributed by atoms with Gasteiger partial charge >= 0.3 is 0 Å². The van der Waals surface area contributed by atoms with Gasteiger partial charge < -0.3 is 19.4 Å². The van der Waals surface area contributed by atoms with E-state index in [-0.39, 0.29) is 18.2 Å². The molecule has 2 aliphatic heterocycles. The number of nitrogens with zero attached hydrogens (tertiary/aromatic N) is 2. The maximum absolute atomic E-state index is 6.42. The Hall–Kier alpha value is -2.41. The minimum Gasteiger partial charge on any atom is -0.459 e. The van der Waals surface area contributed by atoms with Crippen LogP contribution in [0.5, 0.6) is 0 Å². The fourth-order valence-electron chi connectivity index (χ4n) is 4.45. The first kappa shape index (κ1) is 20.5. The number of thiocarbonyl (C=S) groups is 1. The predicted octanol–water partition coefficient (Wildman–Crippen LogP) is 5.45. The van der Waals surface area contributed by atoms with Crippen LogP contribution in [0, 0.1) is 6.92 Å². The molecule has 3 aromatic rings. The molecule has 4 heterocycles. The van der Waals surface area contributed by atoms with Crippen molar-refractivity contribution in [2.24, 2.45) is 0 Å². The van der Waals surface area contributed by atoms with E-state index in [1.54, 1.807) is 0 Å². The van der Waals surface area contributed by atoms with E-state index in [4.69, 9.17) is 33.0 Å². The van der Waals surface area contributed by atoms with Crippen molar-refractivity contribution < 1.29 is 9.15 Å². The molecular weight excluding hydrogens is 430 g/mol. The second kappa shape index (κ2) is 8.61. The van der Waals surface area contributed by atoms with Gasteiger partial charge in [0, 0.05) is 29.9 Å². The number of nitrogens with one attached hydrogen (secondary N) is 1. The summed E-state index contributed by atoms with van der Waals surface area (Å²) < 4.78 is 12.3. The summed E-state index contributed by atoms with van der Waals surface area (Å²) >= 11 is 12.1. The Bertz CT molecular complexity index is 1080. The summed E-state index contributed by atoms with van der Waals surface area (Å²) in [5.74, 6) is 1.64. The van der Waals surface area contributed by atoms with Crippen molar-refractivity contribution in [1.82, 2.24) is 15.2 Å². The number of benzene rings is 1. The number of hydrogen-bond acceptors (Lipinski definition) is 4. The van der Waals surface area contributed by atoms with Gasteiger partial charge in [-0.3, -0.25) is 4.98 Å². The van der Waals surface area contributed by atoms with Crippen LogP contribution < -0.4 is 5.32 Å². The fourth-order valence-corrected chi connectivity index (χ4v) is 4.94. The number of ether oxygens (including phenoxy) is 1. The second-order valence-electron chi connectivity index (χ2n) is 8.03. The Morgan fingerprint density at radius 2 is 2.10 bits per heavy atom. The lowest BCUT2D eigenvalue weighted by Gasteiger charge is -2.28. The molecule has 0 bridgehead atoms. The Kier molecular flexibility index (Phi) is 5.69. The van der Waals surface area contributed by atoms with E-state index in [1.165, 1.54) is 0 Å². The Morgan fingerprint density at radius 1 is 1.19 bits per heavy atom. The average molecular weight is 454 g/mol. The van der Waals surface area contributed by atoms with Crippen molar-refractivity contribution in [1.29, 1.82) is 0 Å². The first-order valence-electron chi connectivity index (χ1n) is 10.6. The van der Waals surface area contributed by atoms with E-state index >= 15 is 0 Å². The topological polar surface area (TPSA) is 50.5 Å². The van der Waals surface area contributed by atoms with Gasteiger partial charge in [0.2, 0.25) is 0 Å². The average Bonchev–Trinajstić information content (AvgIpc) is 3.52. The number of halogens is 1.